The summed E-state index contributed by atoms with van der Waals surface area (Å²) in [5, 5.41) is 0. The number of ether oxygens (including phenoxy) is 1. The first-order chi connectivity index (χ1) is 21.4. The van der Waals surface area contributed by atoms with Gasteiger partial charge < -0.3 is 18.6 Å². The molecule has 3 aromatic carbocycles. The average Bonchev–Trinajstić information content (AvgIpc) is 3.55. The number of halogens is 6. The van der Waals surface area contributed by atoms with Crippen molar-refractivity contribution in [3.05, 3.63) is 90.3 Å². The highest BCUT2D eigenvalue weighted by Crippen LogP contribution is 2.40. The molecule has 0 saturated heterocycles. The highest BCUT2D eigenvalue weighted by atomic mass is 32.2. The number of hydrogen-bond donors (Lipinski definition) is 0. The number of sulfone groups is 1. The first-order valence-corrected chi connectivity index (χ1v) is 15.4. The first-order valence-electron chi connectivity index (χ1n) is 13.5. The molecular weight excluding hydrogens is 638 g/mol. The second kappa shape index (κ2) is 11.9. The molecule has 5 rings (SSSR count). The first kappa shape index (κ1) is 32.8. The van der Waals surface area contributed by atoms with Gasteiger partial charge in [-0.2, -0.15) is 13.2 Å². The van der Waals surface area contributed by atoms with Gasteiger partial charge in [-0.3, -0.25) is 0 Å². The molecule has 0 saturated carbocycles. The maximum atomic E-state index is 13.6. The van der Waals surface area contributed by atoms with Crippen LogP contribution in [-0.4, -0.2) is 54.6 Å². The molecule has 15 heteroatoms. The molecule has 0 N–H and O–H groups in total. The fourth-order valence-corrected chi connectivity index (χ4v) is 5.43. The number of benzene rings is 3. The second-order valence-electron chi connectivity index (χ2n) is 10.7. The van der Waals surface area contributed by atoms with Crippen LogP contribution in [0.5, 0.6) is 5.75 Å². The van der Waals surface area contributed by atoms with Crippen LogP contribution in [0.3, 0.4) is 0 Å². The molecule has 0 bridgehead atoms. The Kier molecular flexibility index (Phi) is 8.51. The minimum absolute atomic E-state index is 0.0209. The molecule has 0 aliphatic heterocycles. The van der Waals surface area contributed by atoms with Gasteiger partial charge in [0.25, 0.3) is 0 Å². The molecule has 8 nitrogen and oxygen atoms in total. The monoisotopic (exact) mass is 664 g/mol. The van der Waals surface area contributed by atoms with Gasteiger partial charge in [-0.05, 0) is 80.7 Å². The summed E-state index contributed by atoms with van der Waals surface area (Å²) in [4.78, 5) is 10.2. The van der Waals surface area contributed by atoms with Crippen LogP contribution in [0.25, 0.3) is 39.4 Å². The van der Waals surface area contributed by atoms with Gasteiger partial charge in [0.15, 0.2) is 21.3 Å². The quantitative estimate of drug-likeness (QED) is 0.158. The van der Waals surface area contributed by atoms with E-state index in [2.05, 4.69) is 14.7 Å². The van der Waals surface area contributed by atoms with Crippen molar-refractivity contribution in [3.8, 4) is 45.1 Å². The van der Waals surface area contributed by atoms with E-state index < -0.39 is 33.8 Å². The summed E-state index contributed by atoms with van der Waals surface area (Å²) in [6, 6.07) is 15.8. The van der Waals surface area contributed by atoms with Crippen LogP contribution in [0.15, 0.2) is 82.2 Å². The largest absolute Gasteiger partial charge is 0.573 e. The number of aryl methyl sites for hydroxylation is 1. The Labute approximate surface area is 259 Å². The Hall–Kier alpha value is -4.63. The molecule has 0 unspecified atom stereocenters. The number of hydrogen-bond acceptors (Lipinski definition) is 7. The highest BCUT2D eigenvalue weighted by molar-refractivity contribution is 7.90. The van der Waals surface area contributed by atoms with E-state index in [1.54, 1.807) is 49.3 Å². The minimum Gasteiger partial charge on any atom is -0.439 e. The van der Waals surface area contributed by atoms with E-state index in [0.29, 0.717) is 16.7 Å². The molecule has 0 radical (unpaired) electrons. The van der Waals surface area contributed by atoms with Gasteiger partial charge >= 0.3 is 12.5 Å². The molecule has 0 atom stereocenters. The van der Waals surface area contributed by atoms with Crippen molar-refractivity contribution < 1.29 is 43.9 Å². The Morgan fingerprint density at radius 3 is 2.13 bits per heavy atom. The van der Waals surface area contributed by atoms with Crippen molar-refractivity contribution in [2.24, 2.45) is 0 Å². The van der Waals surface area contributed by atoms with Crippen LogP contribution >= 0.6 is 0 Å². The average molecular weight is 665 g/mol. The lowest BCUT2D eigenvalue weighted by atomic mass is 9.98. The third kappa shape index (κ3) is 7.26. The molecule has 242 valence electrons. The third-order valence-electron chi connectivity index (χ3n) is 6.75. The molecule has 0 aliphatic carbocycles. The number of alkyl halides is 6. The standard InChI is InChI=1S/C31H26F6N4O4S/c1-18-38-26(30(32,33)34)16-41(18)25-13-10-21(20-6-5-7-23(14-20)46(4,42)43)15-24(25)28-29(44-27(39-28)17-40(2)3)19-8-11-22(12-9-19)45-31(35,36)37/h5-16H,17H2,1-4H3. The molecule has 0 aliphatic rings. The molecule has 5 aromatic rings. The maximum Gasteiger partial charge on any atom is 0.573 e. The number of nitrogens with zero attached hydrogens (tertiary/aromatic N) is 4. The van der Waals surface area contributed by atoms with E-state index >= 15 is 0 Å². The Bertz CT molecular complexity index is 2000. The summed E-state index contributed by atoms with van der Waals surface area (Å²) in [7, 11) is -0.0311. The topological polar surface area (TPSA) is 90.5 Å². The van der Waals surface area contributed by atoms with E-state index in [4.69, 9.17) is 4.42 Å². The van der Waals surface area contributed by atoms with Crippen molar-refractivity contribution in [2.45, 2.75) is 30.9 Å². The fraction of sp³-hybridized carbons (Fsp3) is 0.226. The van der Waals surface area contributed by atoms with Crippen molar-refractivity contribution >= 4 is 9.84 Å². The molecule has 0 fully saturated rings. The summed E-state index contributed by atoms with van der Waals surface area (Å²) in [6.45, 7) is 1.62. The highest BCUT2D eigenvalue weighted by Gasteiger charge is 2.35. The van der Waals surface area contributed by atoms with Crippen LogP contribution in [0.1, 0.15) is 17.4 Å². The summed E-state index contributed by atoms with van der Waals surface area (Å²) in [5.74, 6) is -0.0903. The zero-order valence-electron chi connectivity index (χ0n) is 24.7. The minimum atomic E-state index is -4.90. The normalized spacial score (nSPS) is 12.6. The Balaban J connectivity index is 1.76. The van der Waals surface area contributed by atoms with Gasteiger partial charge in [-0.1, -0.05) is 18.2 Å². The van der Waals surface area contributed by atoms with Crippen molar-refractivity contribution in [1.82, 2.24) is 19.4 Å². The van der Waals surface area contributed by atoms with Crippen molar-refractivity contribution in [2.75, 3.05) is 20.4 Å². The Morgan fingerprint density at radius 2 is 1.54 bits per heavy atom. The van der Waals surface area contributed by atoms with Crippen LogP contribution in [-0.2, 0) is 22.6 Å². The number of aromatic nitrogens is 3. The van der Waals surface area contributed by atoms with Crippen molar-refractivity contribution in [1.29, 1.82) is 0 Å². The van der Waals surface area contributed by atoms with Crippen LogP contribution < -0.4 is 4.74 Å². The van der Waals surface area contributed by atoms with E-state index in [0.717, 1.165) is 24.6 Å². The molecule has 2 aromatic heterocycles. The van der Waals surface area contributed by atoms with Gasteiger partial charge in [-0.25, -0.2) is 18.4 Å². The lowest BCUT2D eigenvalue weighted by Crippen LogP contribution is -2.16. The SMILES string of the molecule is Cc1nc(C(F)(F)F)cn1-c1ccc(-c2cccc(S(C)(=O)=O)c2)cc1-c1nc(CN(C)C)oc1-c1ccc(OC(F)(F)F)cc1. The van der Waals surface area contributed by atoms with Crippen molar-refractivity contribution in [3.63, 3.8) is 0 Å². The molecule has 0 spiro atoms. The van der Waals surface area contributed by atoms with Gasteiger partial charge in [0.2, 0.25) is 5.89 Å². The summed E-state index contributed by atoms with van der Waals surface area (Å²) in [5.41, 5.74) is 0.920. The van der Waals surface area contributed by atoms with Crippen LogP contribution in [0.4, 0.5) is 26.3 Å². The molecule has 0 amide bonds. The lowest BCUT2D eigenvalue weighted by Gasteiger charge is -2.14. The van der Waals surface area contributed by atoms with E-state index in [1.807, 2.05) is 0 Å². The zero-order chi connectivity index (χ0) is 33.6. The summed E-state index contributed by atoms with van der Waals surface area (Å²) in [6.07, 6.45) is -7.71. The molecular formula is C31H26F6N4O4S. The van der Waals surface area contributed by atoms with Gasteiger partial charge in [0, 0.05) is 23.6 Å². The molecule has 46 heavy (non-hydrogen) atoms. The maximum absolute atomic E-state index is 13.6. The van der Waals surface area contributed by atoms with E-state index in [-0.39, 0.29) is 45.9 Å². The number of imidazole rings is 1. The lowest BCUT2D eigenvalue weighted by molar-refractivity contribution is -0.274. The number of oxazole rings is 1. The third-order valence-corrected chi connectivity index (χ3v) is 7.86. The smallest absolute Gasteiger partial charge is 0.439 e. The number of rotatable bonds is 8. The van der Waals surface area contributed by atoms with Crippen LogP contribution in [0.2, 0.25) is 0 Å². The predicted molar refractivity (Wildman–Crippen MR) is 157 cm³/mol. The summed E-state index contributed by atoms with van der Waals surface area (Å²) >= 11 is 0. The van der Waals surface area contributed by atoms with Gasteiger partial charge in [-0.15, -0.1) is 13.2 Å². The van der Waals surface area contributed by atoms with E-state index in [9.17, 15) is 34.8 Å². The molecule has 2 heterocycles. The van der Waals surface area contributed by atoms with Crippen LogP contribution in [0, 0.1) is 6.92 Å². The predicted octanol–water partition coefficient (Wildman–Crippen LogP) is 7.55. The van der Waals surface area contributed by atoms with E-state index in [1.165, 1.54) is 35.8 Å². The van der Waals surface area contributed by atoms with Gasteiger partial charge in [0.05, 0.1) is 17.1 Å². The van der Waals surface area contributed by atoms with Gasteiger partial charge in [0.1, 0.15) is 17.3 Å². The summed E-state index contributed by atoms with van der Waals surface area (Å²) < 4.78 is 115. The fourth-order valence-electron chi connectivity index (χ4n) is 4.76. The Morgan fingerprint density at radius 1 is 0.891 bits per heavy atom. The second-order valence-corrected chi connectivity index (χ2v) is 12.7. The zero-order valence-corrected chi connectivity index (χ0v) is 25.5.